The first-order valence-corrected chi connectivity index (χ1v) is 4.78. The lowest BCUT2D eigenvalue weighted by molar-refractivity contribution is 0.0847. The molecule has 0 unspecified atom stereocenters. The van der Waals surface area contributed by atoms with Gasteiger partial charge in [-0.05, 0) is 6.42 Å². The van der Waals surface area contributed by atoms with Crippen molar-refractivity contribution in [1.29, 1.82) is 0 Å². The molecule has 72 valence electrons. The van der Waals surface area contributed by atoms with Crippen LogP contribution in [0.15, 0.2) is 0 Å². The van der Waals surface area contributed by atoms with Gasteiger partial charge in [0.15, 0.2) is 5.01 Å². The number of aryl methyl sites for hydroxylation is 1. The van der Waals surface area contributed by atoms with Crippen molar-refractivity contribution in [2.24, 2.45) is 0 Å². The second kappa shape index (κ2) is 4.34. The Bertz CT molecular complexity index is 309. The molecule has 13 heavy (non-hydrogen) atoms. The second-order valence-corrected chi connectivity index (χ2v) is 3.57. The van der Waals surface area contributed by atoms with E-state index in [1.165, 1.54) is 18.4 Å². The molecule has 0 aliphatic rings. The molecule has 2 N–H and O–H groups in total. The maximum atomic E-state index is 11.3. The lowest BCUT2D eigenvalue weighted by Gasteiger charge is -1.92. The Balaban J connectivity index is 2.84. The van der Waals surface area contributed by atoms with Gasteiger partial charge in [-0.1, -0.05) is 18.3 Å². The van der Waals surface area contributed by atoms with Gasteiger partial charge in [-0.25, -0.2) is 4.98 Å². The number of nitrogens with zero attached hydrogens (tertiary/aromatic N) is 1. The molecule has 5 heteroatoms. The van der Waals surface area contributed by atoms with E-state index in [4.69, 9.17) is 10.5 Å². The predicted molar refractivity (Wildman–Crippen MR) is 52.1 cm³/mol. The van der Waals surface area contributed by atoms with Gasteiger partial charge in [-0.15, -0.1) is 0 Å². The largest absolute Gasteiger partial charge is 0.389 e. The fraction of sp³-hybridized carbons (Fsp3) is 0.500. The van der Waals surface area contributed by atoms with Crippen LogP contribution in [0.3, 0.4) is 0 Å². The summed E-state index contributed by atoms with van der Waals surface area (Å²) in [7, 11) is 1.48. The van der Waals surface area contributed by atoms with Gasteiger partial charge >= 0.3 is 0 Å². The van der Waals surface area contributed by atoms with Gasteiger partial charge in [0.05, 0.1) is 5.69 Å². The van der Waals surface area contributed by atoms with Crippen molar-refractivity contribution in [3.63, 3.8) is 0 Å². The number of carbonyl (C=O) groups is 1. The first-order valence-electron chi connectivity index (χ1n) is 3.96. The summed E-state index contributed by atoms with van der Waals surface area (Å²) in [5, 5.41) is 1.07. The highest BCUT2D eigenvalue weighted by Gasteiger charge is 2.13. The Labute approximate surface area is 80.7 Å². The normalized spacial score (nSPS) is 10.3. The van der Waals surface area contributed by atoms with Crippen molar-refractivity contribution >= 4 is 22.1 Å². The molecular weight excluding hydrogens is 188 g/mol. The number of methoxy groups -OCH3 is 1. The van der Waals surface area contributed by atoms with Crippen LogP contribution in [0, 0.1) is 0 Å². The third-order valence-corrected chi connectivity index (χ3v) is 2.54. The van der Waals surface area contributed by atoms with Crippen molar-refractivity contribution < 1.29 is 9.53 Å². The van der Waals surface area contributed by atoms with E-state index >= 15 is 0 Å². The summed E-state index contributed by atoms with van der Waals surface area (Å²) in [6.45, 7) is 2.02. The number of thiazole rings is 1. The van der Waals surface area contributed by atoms with Crippen LogP contribution in [0.5, 0.6) is 0 Å². The number of nitrogen functional groups attached to an aromatic ring is 1. The molecule has 1 heterocycles. The molecule has 0 fully saturated rings. The number of rotatable bonds is 4. The van der Waals surface area contributed by atoms with Crippen LogP contribution < -0.4 is 5.73 Å². The van der Waals surface area contributed by atoms with Crippen LogP contribution >= 0.6 is 11.3 Å². The molecule has 1 aromatic heterocycles. The Morgan fingerprint density at radius 1 is 1.69 bits per heavy atom. The number of carbonyl (C=O) groups excluding carboxylic acids is 1. The third kappa shape index (κ3) is 2.26. The van der Waals surface area contributed by atoms with Crippen LogP contribution in [0.1, 0.15) is 22.4 Å². The number of hydrogen-bond donors (Lipinski definition) is 1. The van der Waals surface area contributed by atoms with E-state index in [-0.39, 0.29) is 12.4 Å². The van der Waals surface area contributed by atoms with Gasteiger partial charge in [0.1, 0.15) is 11.6 Å². The standard InChI is InChI=1S/C8H12N2O2S/c1-3-5-7(9)13-8(10-5)6(11)4-12-2/h3-4,9H2,1-2H3. The molecule has 1 aromatic rings. The van der Waals surface area contributed by atoms with E-state index in [1.807, 2.05) is 6.92 Å². The SMILES string of the molecule is CCc1nc(C(=O)COC)sc1N. The average Bonchev–Trinajstić information content (AvgIpc) is 2.47. The first-order chi connectivity index (χ1) is 6.19. The highest BCUT2D eigenvalue weighted by atomic mass is 32.1. The van der Waals surface area contributed by atoms with Gasteiger partial charge in [0.25, 0.3) is 0 Å². The molecule has 0 aromatic carbocycles. The number of ketones is 1. The molecular formula is C8H12N2O2S. The Kier molecular flexibility index (Phi) is 3.39. The third-order valence-electron chi connectivity index (χ3n) is 1.58. The van der Waals surface area contributed by atoms with Gasteiger partial charge in [-0.3, -0.25) is 4.79 Å². The van der Waals surface area contributed by atoms with Crippen molar-refractivity contribution in [3.05, 3.63) is 10.7 Å². The zero-order valence-electron chi connectivity index (χ0n) is 7.66. The molecule has 0 saturated heterocycles. The van der Waals surface area contributed by atoms with Gasteiger partial charge in [0, 0.05) is 7.11 Å². The molecule has 0 bridgehead atoms. The van der Waals surface area contributed by atoms with Crippen LogP contribution in [0.4, 0.5) is 5.00 Å². The molecule has 0 aliphatic heterocycles. The Morgan fingerprint density at radius 3 is 2.85 bits per heavy atom. The predicted octanol–water partition coefficient (Wildman–Crippen LogP) is 1.12. The smallest absolute Gasteiger partial charge is 0.216 e. The number of hydrogen-bond acceptors (Lipinski definition) is 5. The van der Waals surface area contributed by atoms with Gasteiger partial charge in [-0.2, -0.15) is 0 Å². The van der Waals surface area contributed by atoms with E-state index in [9.17, 15) is 4.79 Å². The summed E-state index contributed by atoms with van der Waals surface area (Å²) < 4.78 is 4.72. The Hall–Kier alpha value is -0.940. The number of nitrogens with two attached hydrogens (primary N) is 1. The minimum Gasteiger partial charge on any atom is -0.389 e. The average molecular weight is 200 g/mol. The second-order valence-electron chi connectivity index (χ2n) is 2.54. The topological polar surface area (TPSA) is 65.2 Å². The summed E-state index contributed by atoms with van der Waals surface area (Å²) in [5.41, 5.74) is 6.44. The van der Waals surface area contributed by atoms with Crippen molar-refractivity contribution in [1.82, 2.24) is 4.98 Å². The highest BCUT2D eigenvalue weighted by molar-refractivity contribution is 7.17. The summed E-state index contributed by atoms with van der Waals surface area (Å²) >= 11 is 1.22. The summed E-state index contributed by atoms with van der Waals surface area (Å²) in [4.78, 5) is 15.4. The molecule has 0 radical (unpaired) electrons. The van der Waals surface area contributed by atoms with E-state index in [1.54, 1.807) is 0 Å². The van der Waals surface area contributed by atoms with Crippen molar-refractivity contribution in [3.8, 4) is 0 Å². The Morgan fingerprint density at radius 2 is 2.38 bits per heavy atom. The molecule has 4 nitrogen and oxygen atoms in total. The van der Waals surface area contributed by atoms with Crippen LogP contribution in [-0.4, -0.2) is 24.5 Å². The van der Waals surface area contributed by atoms with Crippen LogP contribution in [0.25, 0.3) is 0 Å². The van der Waals surface area contributed by atoms with E-state index < -0.39 is 0 Å². The maximum Gasteiger partial charge on any atom is 0.216 e. The van der Waals surface area contributed by atoms with Gasteiger partial charge in [0.2, 0.25) is 5.78 Å². The van der Waals surface area contributed by atoms with Crippen molar-refractivity contribution in [2.75, 3.05) is 19.5 Å². The molecule has 0 saturated carbocycles. The van der Waals surface area contributed by atoms with Crippen LogP contribution in [-0.2, 0) is 11.2 Å². The van der Waals surface area contributed by atoms with E-state index in [0.717, 1.165) is 12.1 Å². The molecule has 0 aliphatic carbocycles. The quantitative estimate of drug-likeness (QED) is 0.739. The number of Topliss-reactive ketones (excluding diaryl/α,β-unsaturated/α-hetero) is 1. The minimum absolute atomic E-state index is 0.0656. The lowest BCUT2D eigenvalue weighted by Crippen LogP contribution is -2.06. The fourth-order valence-electron chi connectivity index (χ4n) is 0.929. The lowest BCUT2D eigenvalue weighted by atomic mass is 10.3. The minimum atomic E-state index is -0.112. The molecule has 0 amide bonds. The number of ether oxygens (including phenoxy) is 1. The van der Waals surface area contributed by atoms with Crippen molar-refractivity contribution in [2.45, 2.75) is 13.3 Å². The molecule has 0 spiro atoms. The zero-order valence-corrected chi connectivity index (χ0v) is 8.48. The first kappa shape index (κ1) is 10.1. The van der Waals surface area contributed by atoms with E-state index in [0.29, 0.717) is 10.0 Å². The molecule has 0 atom stereocenters. The monoisotopic (exact) mass is 200 g/mol. The van der Waals surface area contributed by atoms with Gasteiger partial charge < -0.3 is 10.5 Å². The van der Waals surface area contributed by atoms with Crippen LogP contribution in [0.2, 0.25) is 0 Å². The number of aromatic nitrogens is 1. The zero-order chi connectivity index (χ0) is 9.84. The maximum absolute atomic E-state index is 11.3. The fourth-order valence-corrected chi connectivity index (χ4v) is 1.77. The van der Waals surface area contributed by atoms with E-state index in [2.05, 4.69) is 4.98 Å². The molecule has 1 rings (SSSR count). The summed E-state index contributed by atoms with van der Waals surface area (Å²) in [6, 6.07) is 0. The summed E-state index contributed by atoms with van der Waals surface area (Å²) in [6.07, 6.45) is 0.753. The number of anilines is 1. The summed E-state index contributed by atoms with van der Waals surface area (Å²) in [5.74, 6) is -0.112. The highest BCUT2D eigenvalue weighted by Crippen LogP contribution is 2.21.